The molecule has 1 spiro atoms. The molecule has 1 atom stereocenters. The number of hydrogen-bond acceptors (Lipinski definition) is 7. The minimum atomic E-state index is -1.74. The molecule has 4 rings (SSSR count). The number of carbonyl (C=O) groups is 3. The number of hydrogen-bond donors (Lipinski definition) is 0. The highest BCUT2D eigenvalue weighted by Gasteiger charge is 2.60. The summed E-state index contributed by atoms with van der Waals surface area (Å²) < 4.78 is 16.1. The lowest BCUT2D eigenvalue weighted by atomic mass is 9.94. The van der Waals surface area contributed by atoms with E-state index in [9.17, 15) is 14.4 Å². The number of methoxy groups -OCH3 is 1. The number of benzene rings is 2. The van der Waals surface area contributed by atoms with Crippen molar-refractivity contribution in [1.29, 1.82) is 0 Å². The second-order valence-electron chi connectivity index (χ2n) is 6.61. The Bertz CT molecular complexity index is 1040. The molecule has 148 valence electrons. The van der Waals surface area contributed by atoms with Crippen LogP contribution >= 0.6 is 0 Å². The van der Waals surface area contributed by atoms with Crippen LogP contribution in [0.4, 0.5) is 0 Å². The lowest BCUT2D eigenvalue weighted by molar-refractivity contribution is -0.151. The van der Waals surface area contributed by atoms with Crippen molar-refractivity contribution >= 4 is 17.7 Å². The Kier molecular flexibility index (Phi) is 4.58. The second kappa shape index (κ2) is 7.09. The summed E-state index contributed by atoms with van der Waals surface area (Å²) in [5, 5.41) is 0. The maximum atomic E-state index is 13.4. The number of esters is 2. The quantitative estimate of drug-likeness (QED) is 0.570. The van der Waals surface area contributed by atoms with Gasteiger partial charge in [0.1, 0.15) is 11.3 Å². The molecule has 0 N–H and O–H groups in total. The minimum Gasteiger partial charge on any atom is -0.496 e. The van der Waals surface area contributed by atoms with Gasteiger partial charge in [0.25, 0.3) is 5.72 Å². The third-order valence-electron chi connectivity index (χ3n) is 5.02. The summed E-state index contributed by atoms with van der Waals surface area (Å²) in [5.41, 5.74) is -0.434. The summed E-state index contributed by atoms with van der Waals surface area (Å²) in [7, 11) is 1.55. The lowest BCUT2D eigenvalue weighted by Crippen LogP contribution is -2.46. The number of ether oxygens (including phenoxy) is 3. The lowest BCUT2D eigenvalue weighted by Gasteiger charge is -2.33. The highest BCUT2D eigenvalue weighted by atomic mass is 16.6. The zero-order valence-corrected chi connectivity index (χ0v) is 16.0. The fraction of sp³-hybridized carbons (Fsp3) is 0.227. The molecule has 0 bridgehead atoms. The normalized spacial score (nSPS) is 19.8. The number of nitrogens with zero attached hydrogens (tertiary/aromatic N) is 1. The van der Waals surface area contributed by atoms with Crippen LogP contribution in [0, 0.1) is 0 Å². The Labute approximate surface area is 167 Å². The van der Waals surface area contributed by atoms with Gasteiger partial charge in [-0.2, -0.15) is 0 Å². The summed E-state index contributed by atoms with van der Waals surface area (Å²) in [6.07, 6.45) is 1.40. The van der Waals surface area contributed by atoms with Gasteiger partial charge in [0, 0.05) is 17.3 Å². The monoisotopic (exact) mass is 393 g/mol. The molecule has 0 radical (unpaired) electrons. The van der Waals surface area contributed by atoms with Crippen molar-refractivity contribution in [2.24, 2.45) is 0 Å². The van der Waals surface area contributed by atoms with Crippen LogP contribution < -0.4 is 4.74 Å². The van der Waals surface area contributed by atoms with E-state index in [-0.39, 0.29) is 18.7 Å². The van der Waals surface area contributed by atoms with Gasteiger partial charge < -0.3 is 19.1 Å². The zero-order chi connectivity index (χ0) is 20.6. The highest BCUT2D eigenvalue weighted by molar-refractivity contribution is 6.23. The number of para-hydroxylation sites is 1. The molecule has 2 aromatic rings. The number of Topliss-reactive ketones (excluding diaryl/α,β-unsaturated/α-hetero) is 1. The van der Waals surface area contributed by atoms with E-state index in [1.807, 2.05) is 18.2 Å². The SMILES string of the molecule is CCOC(=O)C1=CN(Cc2ccccc2OC)C2(OC(=O)c3ccccc32)C1=O. The van der Waals surface area contributed by atoms with E-state index >= 15 is 0 Å². The van der Waals surface area contributed by atoms with Gasteiger partial charge in [0.05, 0.1) is 25.8 Å². The maximum Gasteiger partial charge on any atom is 0.343 e. The van der Waals surface area contributed by atoms with E-state index in [0.29, 0.717) is 16.9 Å². The molecule has 7 nitrogen and oxygen atoms in total. The van der Waals surface area contributed by atoms with Gasteiger partial charge in [-0.25, -0.2) is 9.59 Å². The van der Waals surface area contributed by atoms with Crippen molar-refractivity contribution in [1.82, 2.24) is 4.90 Å². The second-order valence-corrected chi connectivity index (χ2v) is 6.61. The third-order valence-corrected chi connectivity index (χ3v) is 5.02. The van der Waals surface area contributed by atoms with Gasteiger partial charge in [-0.3, -0.25) is 4.79 Å². The number of ketones is 1. The summed E-state index contributed by atoms with van der Waals surface area (Å²) in [4.78, 5) is 39.9. The summed E-state index contributed by atoms with van der Waals surface area (Å²) in [5.74, 6) is -1.37. The average Bonchev–Trinajstić information content (AvgIpc) is 3.19. The first-order valence-electron chi connectivity index (χ1n) is 9.18. The molecule has 2 heterocycles. The van der Waals surface area contributed by atoms with Gasteiger partial charge >= 0.3 is 11.9 Å². The molecule has 0 fully saturated rings. The van der Waals surface area contributed by atoms with Crippen molar-refractivity contribution in [2.75, 3.05) is 13.7 Å². The van der Waals surface area contributed by atoms with Crippen LogP contribution in [0.25, 0.3) is 0 Å². The molecule has 2 aliphatic heterocycles. The Morgan fingerprint density at radius 3 is 2.59 bits per heavy atom. The van der Waals surface area contributed by atoms with Crippen LogP contribution in [-0.2, 0) is 31.3 Å². The van der Waals surface area contributed by atoms with Crippen molar-refractivity contribution < 1.29 is 28.6 Å². The van der Waals surface area contributed by atoms with E-state index in [2.05, 4.69) is 0 Å². The van der Waals surface area contributed by atoms with Crippen molar-refractivity contribution in [3.63, 3.8) is 0 Å². The standard InChI is InChI=1S/C22H19NO6/c1-3-28-20(25)16-13-23(12-14-8-4-7-11-18(14)27-2)22(19(16)24)17-10-6-5-9-15(17)21(26)29-22/h4-11,13H,3,12H2,1-2H3. The van der Waals surface area contributed by atoms with Gasteiger partial charge in [0.2, 0.25) is 5.78 Å². The van der Waals surface area contributed by atoms with E-state index in [1.165, 1.54) is 6.20 Å². The predicted molar refractivity (Wildman–Crippen MR) is 102 cm³/mol. The van der Waals surface area contributed by atoms with Crippen molar-refractivity contribution in [2.45, 2.75) is 19.2 Å². The molecular weight excluding hydrogens is 374 g/mol. The molecule has 0 aromatic heterocycles. The Balaban J connectivity index is 1.84. The van der Waals surface area contributed by atoms with Crippen LogP contribution in [0.2, 0.25) is 0 Å². The van der Waals surface area contributed by atoms with Crippen LogP contribution in [0.15, 0.2) is 60.3 Å². The summed E-state index contributed by atoms with van der Waals surface area (Å²) in [6, 6.07) is 14.0. The fourth-order valence-corrected chi connectivity index (χ4v) is 3.73. The number of fused-ring (bicyclic) bond motifs is 2. The summed E-state index contributed by atoms with van der Waals surface area (Å²) in [6.45, 7) is 1.96. The molecular formula is C22H19NO6. The molecule has 0 saturated carbocycles. The molecule has 0 saturated heterocycles. The highest BCUT2D eigenvalue weighted by Crippen LogP contribution is 2.46. The molecule has 2 aliphatic rings. The Morgan fingerprint density at radius 2 is 1.83 bits per heavy atom. The van der Waals surface area contributed by atoms with Crippen LogP contribution in [0.5, 0.6) is 5.75 Å². The Hall–Kier alpha value is -3.61. The topological polar surface area (TPSA) is 82.1 Å². The fourth-order valence-electron chi connectivity index (χ4n) is 3.73. The van der Waals surface area contributed by atoms with E-state index < -0.39 is 23.4 Å². The Morgan fingerprint density at radius 1 is 1.10 bits per heavy atom. The van der Waals surface area contributed by atoms with Crippen LogP contribution in [-0.4, -0.2) is 36.3 Å². The van der Waals surface area contributed by atoms with Crippen LogP contribution in [0.3, 0.4) is 0 Å². The third kappa shape index (κ3) is 2.77. The van der Waals surface area contributed by atoms with Gasteiger partial charge in [-0.15, -0.1) is 0 Å². The van der Waals surface area contributed by atoms with Gasteiger partial charge in [-0.05, 0) is 19.1 Å². The minimum absolute atomic E-state index is 0.124. The van der Waals surface area contributed by atoms with E-state index in [0.717, 1.165) is 5.56 Å². The first kappa shape index (κ1) is 18.7. The molecule has 0 aliphatic carbocycles. The number of carbonyl (C=O) groups excluding carboxylic acids is 3. The van der Waals surface area contributed by atoms with E-state index in [4.69, 9.17) is 14.2 Å². The predicted octanol–water partition coefficient (Wildman–Crippen LogP) is 2.55. The van der Waals surface area contributed by atoms with Gasteiger partial charge in [0.15, 0.2) is 0 Å². The average molecular weight is 393 g/mol. The van der Waals surface area contributed by atoms with Gasteiger partial charge in [-0.1, -0.05) is 36.4 Å². The first-order chi connectivity index (χ1) is 14.0. The maximum absolute atomic E-state index is 13.4. The first-order valence-corrected chi connectivity index (χ1v) is 9.18. The number of rotatable bonds is 5. The van der Waals surface area contributed by atoms with Crippen molar-refractivity contribution in [3.8, 4) is 5.75 Å². The molecule has 29 heavy (non-hydrogen) atoms. The molecule has 1 unspecified atom stereocenters. The zero-order valence-electron chi connectivity index (χ0n) is 16.0. The largest absolute Gasteiger partial charge is 0.496 e. The molecule has 2 aromatic carbocycles. The molecule has 7 heteroatoms. The van der Waals surface area contributed by atoms with Crippen LogP contribution in [0.1, 0.15) is 28.4 Å². The smallest absolute Gasteiger partial charge is 0.343 e. The van der Waals surface area contributed by atoms with E-state index in [1.54, 1.807) is 49.3 Å². The summed E-state index contributed by atoms with van der Waals surface area (Å²) >= 11 is 0. The molecule has 0 amide bonds. The van der Waals surface area contributed by atoms with Crippen molar-refractivity contribution in [3.05, 3.63) is 77.0 Å².